The number of rotatable bonds is 6. The molecule has 4 heterocycles. The van der Waals surface area contributed by atoms with Crippen LogP contribution in [0.3, 0.4) is 0 Å². The van der Waals surface area contributed by atoms with Crippen LogP contribution in [0, 0.1) is 6.92 Å². The smallest absolute Gasteiger partial charge is 0.261 e. The van der Waals surface area contributed by atoms with E-state index in [-0.39, 0.29) is 5.91 Å². The number of ether oxygens (including phenoxy) is 1. The first-order chi connectivity index (χ1) is 17.0. The van der Waals surface area contributed by atoms with E-state index in [9.17, 15) is 4.79 Å². The highest BCUT2D eigenvalue weighted by Gasteiger charge is 2.30. The van der Waals surface area contributed by atoms with Gasteiger partial charge in [0.2, 0.25) is 0 Å². The molecule has 1 amide bonds. The quantitative estimate of drug-likeness (QED) is 0.416. The number of carbonyl (C=O) groups excluding carboxylic acids is 1. The Balaban J connectivity index is 1.33. The average Bonchev–Trinajstić information content (AvgIpc) is 3.28. The van der Waals surface area contributed by atoms with Crippen LogP contribution < -0.4 is 20.3 Å². The summed E-state index contributed by atoms with van der Waals surface area (Å²) in [6, 6.07) is 11.6. The molecule has 9 heteroatoms. The third-order valence-corrected chi connectivity index (χ3v) is 6.73. The number of hydrogen-bond acceptors (Lipinski definition) is 8. The van der Waals surface area contributed by atoms with E-state index in [0.717, 1.165) is 39.6 Å². The molecular weight excluding hydrogens is 460 g/mol. The molecule has 35 heavy (non-hydrogen) atoms. The fourth-order valence-corrected chi connectivity index (χ4v) is 4.80. The van der Waals surface area contributed by atoms with Gasteiger partial charge in [-0.05, 0) is 61.4 Å². The zero-order valence-corrected chi connectivity index (χ0v) is 20.7. The molecule has 178 valence electrons. The predicted molar refractivity (Wildman–Crippen MR) is 140 cm³/mol. The summed E-state index contributed by atoms with van der Waals surface area (Å²) in [5.41, 5.74) is 10.9. The Bertz CT molecular complexity index is 1400. The molecule has 1 aromatic carbocycles. The number of pyridine rings is 2. The first-order valence-electron chi connectivity index (χ1n) is 11.4. The SMILES string of the molecule is CCN1c2ncc(CCOc3ccc(-c4csc(N)n4)cc3C)cc2C(=O)N(C)c2cccnc21. The van der Waals surface area contributed by atoms with Gasteiger partial charge in [0.05, 0.1) is 23.6 Å². The third kappa shape index (κ3) is 4.30. The van der Waals surface area contributed by atoms with E-state index in [4.69, 9.17) is 10.5 Å². The van der Waals surface area contributed by atoms with Crippen LogP contribution in [0.1, 0.15) is 28.4 Å². The van der Waals surface area contributed by atoms with E-state index in [1.807, 2.05) is 66.7 Å². The van der Waals surface area contributed by atoms with Gasteiger partial charge in [-0.2, -0.15) is 0 Å². The molecule has 3 aromatic heterocycles. The van der Waals surface area contributed by atoms with Crippen LogP contribution in [-0.2, 0) is 6.42 Å². The number of benzene rings is 1. The van der Waals surface area contributed by atoms with Crippen molar-refractivity contribution in [2.45, 2.75) is 20.3 Å². The van der Waals surface area contributed by atoms with E-state index >= 15 is 0 Å². The molecule has 4 aromatic rings. The summed E-state index contributed by atoms with van der Waals surface area (Å²) in [7, 11) is 1.77. The van der Waals surface area contributed by atoms with Crippen LogP contribution in [0.5, 0.6) is 5.75 Å². The highest BCUT2D eigenvalue weighted by Crippen LogP contribution is 2.37. The van der Waals surface area contributed by atoms with Gasteiger partial charge in [-0.25, -0.2) is 15.0 Å². The molecule has 8 nitrogen and oxygen atoms in total. The summed E-state index contributed by atoms with van der Waals surface area (Å²) >= 11 is 1.43. The summed E-state index contributed by atoms with van der Waals surface area (Å²) in [5.74, 6) is 2.07. The van der Waals surface area contributed by atoms with Gasteiger partial charge in [-0.15, -0.1) is 11.3 Å². The zero-order chi connectivity index (χ0) is 24.5. The lowest BCUT2D eigenvalue weighted by Gasteiger charge is -2.22. The number of aromatic nitrogens is 3. The molecule has 1 aliphatic rings. The van der Waals surface area contributed by atoms with Crippen molar-refractivity contribution in [2.75, 3.05) is 35.7 Å². The van der Waals surface area contributed by atoms with Crippen molar-refractivity contribution < 1.29 is 9.53 Å². The molecule has 0 spiro atoms. The number of aryl methyl sites for hydroxylation is 1. The molecule has 0 bridgehead atoms. The van der Waals surface area contributed by atoms with Crippen molar-refractivity contribution in [3.8, 4) is 17.0 Å². The number of fused-ring (bicyclic) bond motifs is 2. The van der Waals surface area contributed by atoms with E-state index < -0.39 is 0 Å². The highest BCUT2D eigenvalue weighted by molar-refractivity contribution is 7.13. The number of nitrogens with two attached hydrogens (primary N) is 1. The minimum Gasteiger partial charge on any atom is -0.493 e. The normalized spacial score (nSPS) is 12.8. The first kappa shape index (κ1) is 22.8. The van der Waals surface area contributed by atoms with Gasteiger partial charge in [0.1, 0.15) is 11.6 Å². The maximum atomic E-state index is 13.3. The van der Waals surface area contributed by atoms with Crippen molar-refractivity contribution in [3.63, 3.8) is 0 Å². The Morgan fingerprint density at radius 1 is 1.14 bits per heavy atom. The number of hydrogen-bond donors (Lipinski definition) is 1. The highest BCUT2D eigenvalue weighted by atomic mass is 32.1. The minimum absolute atomic E-state index is 0.102. The number of carbonyl (C=O) groups is 1. The van der Waals surface area contributed by atoms with Crippen LogP contribution in [0.2, 0.25) is 0 Å². The predicted octanol–water partition coefficient (Wildman–Crippen LogP) is 4.86. The fourth-order valence-electron chi connectivity index (χ4n) is 4.23. The summed E-state index contributed by atoms with van der Waals surface area (Å²) < 4.78 is 6.06. The monoisotopic (exact) mass is 486 g/mol. The Kier molecular flexibility index (Phi) is 6.08. The summed E-state index contributed by atoms with van der Waals surface area (Å²) in [6.45, 7) is 5.15. The topological polar surface area (TPSA) is 97.5 Å². The van der Waals surface area contributed by atoms with Crippen molar-refractivity contribution in [2.24, 2.45) is 0 Å². The molecule has 0 saturated heterocycles. The summed E-state index contributed by atoms with van der Waals surface area (Å²) in [4.78, 5) is 30.4. The van der Waals surface area contributed by atoms with Crippen molar-refractivity contribution >= 4 is 39.7 Å². The van der Waals surface area contributed by atoms with Crippen LogP contribution >= 0.6 is 11.3 Å². The van der Waals surface area contributed by atoms with E-state index in [1.54, 1.807) is 18.1 Å². The van der Waals surface area contributed by atoms with Crippen LogP contribution in [0.4, 0.5) is 22.5 Å². The Labute approximate surface area is 208 Å². The van der Waals surface area contributed by atoms with Gasteiger partial charge in [-0.3, -0.25) is 4.79 Å². The second-order valence-electron chi connectivity index (χ2n) is 8.32. The fraction of sp³-hybridized carbons (Fsp3) is 0.231. The van der Waals surface area contributed by atoms with Crippen LogP contribution in [0.25, 0.3) is 11.3 Å². The third-order valence-electron chi connectivity index (χ3n) is 6.05. The molecule has 0 radical (unpaired) electrons. The number of thiazole rings is 1. The zero-order valence-electron chi connectivity index (χ0n) is 19.9. The van der Waals surface area contributed by atoms with E-state index in [0.29, 0.717) is 36.1 Å². The lowest BCUT2D eigenvalue weighted by atomic mass is 10.1. The molecule has 0 atom stereocenters. The van der Waals surface area contributed by atoms with Crippen LogP contribution in [-0.4, -0.2) is 41.1 Å². The number of nitrogen functional groups attached to an aromatic ring is 1. The van der Waals surface area contributed by atoms with E-state index in [2.05, 4.69) is 15.0 Å². The molecule has 5 rings (SSSR count). The first-order valence-corrected chi connectivity index (χ1v) is 12.3. The van der Waals surface area contributed by atoms with Gasteiger partial charge in [-0.1, -0.05) is 0 Å². The van der Waals surface area contributed by atoms with Crippen LogP contribution in [0.15, 0.2) is 54.2 Å². The molecular formula is C26H26N6O2S. The maximum absolute atomic E-state index is 13.3. The average molecular weight is 487 g/mol. The van der Waals surface area contributed by atoms with Gasteiger partial charge in [0.25, 0.3) is 5.91 Å². The standard InChI is InChI=1S/C26H26N6O2S/c1-4-32-23-19(25(33)31(3)21-6-5-10-28-24(21)32)13-17(14-29-23)9-11-34-22-8-7-18(12-16(22)2)20-15-35-26(27)30-20/h5-8,10,12-15H,4,9,11H2,1-3H3,(H2,27,30). The molecule has 0 fully saturated rings. The Hall–Kier alpha value is -3.98. The largest absolute Gasteiger partial charge is 0.493 e. The molecule has 2 N–H and O–H groups in total. The van der Waals surface area contributed by atoms with Crippen molar-refractivity contribution in [3.05, 3.63) is 70.9 Å². The van der Waals surface area contributed by atoms with Crippen molar-refractivity contribution in [1.29, 1.82) is 0 Å². The van der Waals surface area contributed by atoms with Gasteiger partial charge >= 0.3 is 0 Å². The number of anilines is 4. The van der Waals surface area contributed by atoms with Gasteiger partial charge in [0, 0.05) is 43.4 Å². The lowest BCUT2D eigenvalue weighted by molar-refractivity contribution is 0.0994. The summed E-state index contributed by atoms with van der Waals surface area (Å²) in [6.07, 6.45) is 4.17. The molecule has 0 aliphatic carbocycles. The van der Waals surface area contributed by atoms with E-state index in [1.165, 1.54) is 11.3 Å². The molecule has 0 saturated carbocycles. The number of amides is 1. The van der Waals surface area contributed by atoms with Gasteiger partial charge < -0.3 is 20.3 Å². The molecule has 1 aliphatic heterocycles. The summed E-state index contributed by atoms with van der Waals surface area (Å²) in [5, 5.41) is 2.50. The lowest BCUT2D eigenvalue weighted by Crippen LogP contribution is -2.25. The second-order valence-corrected chi connectivity index (χ2v) is 9.21. The number of nitrogens with zero attached hydrogens (tertiary/aromatic N) is 5. The molecule has 0 unspecified atom stereocenters. The Morgan fingerprint density at radius 2 is 2.00 bits per heavy atom. The second kappa shape index (κ2) is 9.34. The Morgan fingerprint density at radius 3 is 2.74 bits per heavy atom. The van der Waals surface area contributed by atoms with Crippen molar-refractivity contribution in [1.82, 2.24) is 15.0 Å². The minimum atomic E-state index is -0.102. The van der Waals surface area contributed by atoms with Gasteiger partial charge in [0.15, 0.2) is 10.9 Å². The maximum Gasteiger partial charge on any atom is 0.261 e.